The molecule has 1 N–H and O–H groups in total. The molecule has 1 aromatic heterocycles. The zero-order valence-corrected chi connectivity index (χ0v) is 13.8. The second kappa shape index (κ2) is 5.88. The van der Waals surface area contributed by atoms with Gasteiger partial charge in [0.25, 0.3) is 0 Å². The third kappa shape index (κ3) is 2.90. The molecule has 2 rings (SSSR count). The normalized spacial score (nSPS) is 11.2. The predicted molar refractivity (Wildman–Crippen MR) is 86.1 cm³/mol. The van der Waals surface area contributed by atoms with Crippen LogP contribution in [-0.4, -0.2) is 10.1 Å². The summed E-state index contributed by atoms with van der Waals surface area (Å²) in [6.45, 7) is 3.77. The highest BCUT2D eigenvalue weighted by Crippen LogP contribution is 2.39. The van der Waals surface area contributed by atoms with Gasteiger partial charge in [-0.05, 0) is 63.9 Å². The molecule has 19 heavy (non-hydrogen) atoms. The first-order chi connectivity index (χ1) is 9.02. The zero-order chi connectivity index (χ0) is 14.0. The van der Waals surface area contributed by atoms with Gasteiger partial charge >= 0.3 is 0 Å². The molecule has 0 radical (unpaired) electrons. The highest BCUT2D eigenvalue weighted by Gasteiger charge is 2.14. The van der Waals surface area contributed by atoms with E-state index in [1.54, 1.807) is 6.20 Å². The van der Waals surface area contributed by atoms with E-state index in [9.17, 15) is 5.11 Å². The summed E-state index contributed by atoms with van der Waals surface area (Å²) in [4.78, 5) is 4.25. The Morgan fingerprint density at radius 1 is 1.05 bits per heavy atom. The maximum atomic E-state index is 9.98. The third-order valence-electron chi connectivity index (χ3n) is 2.95. The minimum Gasteiger partial charge on any atom is -0.507 e. The highest BCUT2D eigenvalue weighted by atomic mass is 79.9. The van der Waals surface area contributed by atoms with Crippen molar-refractivity contribution in [2.75, 3.05) is 0 Å². The van der Waals surface area contributed by atoms with Crippen LogP contribution in [0, 0.1) is 13.8 Å². The summed E-state index contributed by atoms with van der Waals surface area (Å²) >= 11 is 7.06. The van der Waals surface area contributed by atoms with Gasteiger partial charge < -0.3 is 5.11 Å². The number of hydrogen-bond donors (Lipinski definition) is 1. The van der Waals surface area contributed by atoms with Crippen molar-refractivity contribution >= 4 is 44.0 Å². The molecule has 1 heterocycles. The van der Waals surface area contributed by atoms with E-state index in [0.29, 0.717) is 5.75 Å². The Kier molecular flexibility index (Phi) is 4.42. The van der Waals surface area contributed by atoms with Crippen LogP contribution in [0.3, 0.4) is 0 Å². The molecule has 0 bridgehead atoms. The molecule has 0 saturated heterocycles. The summed E-state index contributed by atoms with van der Waals surface area (Å²) in [7, 11) is 0. The van der Waals surface area contributed by atoms with Gasteiger partial charge in [-0.25, -0.2) is 0 Å². The molecule has 4 heteroatoms. The predicted octanol–water partition coefficient (Wildman–Crippen LogP) is 5.10. The van der Waals surface area contributed by atoms with E-state index in [2.05, 4.69) is 36.8 Å². The molecule has 0 aliphatic carbocycles. The Balaban J connectivity index is 2.50. The van der Waals surface area contributed by atoms with Crippen LogP contribution < -0.4 is 0 Å². The average molecular weight is 383 g/mol. The molecule has 0 aliphatic rings. The van der Waals surface area contributed by atoms with Crippen LogP contribution in [0.2, 0.25) is 0 Å². The van der Waals surface area contributed by atoms with Crippen molar-refractivity contribution in [3.8, 4) is 5.75 Å². The summed E-state index contributed by atoms with van der Waals surface area (Å²) in [5.41, 5.74) is 3.56. The van der Waals surface area contributed by atoms with Gasteiger partial charge in [-0.3, -0.25) is 4.98 Å². The van der Waals surface area contributed by atoms with Crippen molar-refractivity contribution in [2.24, 2.45) is 0 Å². The molecule has 0 amide bonds. The first kappa shape index (κ1) is 14.3. The Morgan fingerprint density at radius 3 is 2.21 bits per heavy atom. The van der Waals surface area contributed by atoms with Gasteiger partial charge in [0.1, 0.15) is 5.75 Å². The Hall–Kier alpha value is -1.13. The van der Waals surface area contributed by atoms with E-state index in [-0.39, 0.29) is 0 Å². The molecule has 98 valence electrons. The lowest BCUT2D eigenvalue weighted by molar-refractivity contribution is 0.466. The number of halogens is 2. The number of benzene rings is 1. The summed E-state index contributed by atoms with van der Waals surface area (Å²) in [5, 5.41) is 9.98. The molecule has 0 aliphatic heterocycles. The van der Waals surface area contributed by atoms with Gasteiger partial charge in [0.15, 0.2) is 0 Å². The number of aromatic hydroxyl groups is 1. The highest BCUT2D eigenvalue weighted by molar-refractivity contribution is 9.11. The summed E-state index contributed by atoms with van der Waals surface area (Å²) in [6, 6.07) is 5.78. The lowest BCUT2D eigenvalue weighted by Gasteiger charge is -2.12. The van der Waals surface area contributed by atoms with Gasteiger partial charge in [-0.2, -0.15) is 0 Å². The number of hydrogen-bond acceptors (Lipinski definition) is 2. The zero-order valence-electron chi connectivity index (χ0n) is 10.6. The van der Waals surface area contributed by atoms with Crippen molar-refractivity contribution in [1.29, 1.82) is 0 Å². The molecule has 0 atom stereocenters. The van der Waals surface area contributed by atoms with E-state index >= 15 is 0 Å². The van der Waals surface area contributed by atoms with Crippen LogP contribution in [0.5, 0.6) is 5.75 Å². The smallest absolute Gasteiger partial charge is 0.123 e. The number of phenolic OH excluding ortho intramolecular Hbond substituents is 1. The fourth-order valence-corrected chi connectivity index (χ4v) is 3.08. The Morgan fingerprint density at radius 2 is 1.68 bits per heavy atom. The molecule has 0 unspecified atom stereocenters. The summed E-state index contributed by atoms with van der Waals surface area (Å²) in [6.07, 6.45) is 5.69. The largest absolute Gasteiger partial charge is 0.507 e. The van der Waals surface area contributed by atoms with E-state index < -0.39 is 0 Å². The topological polar surface area (TPSA) is 33.1 Å². The first-order valence-electron chi connectivity index (χ1n) is 5.78. The lowest BCUT2D eigenvalue weighted by Crippen LogP contribution is -1.90. The SMILES string of the molecule is Cc1c(O)c(C)c(Br)c(/C=C/c2ccccn2)c1Br. The van der Waals surface area contributed by atoms with Gasteiger partial charge in [-0.15, -0.1) is 0 Å². The minimum atomic E-state index is 0.314. The van der Waals surface area contributed by atoms with Crippen LogP contribution >= 0.6 is 31.9 Å². The third-order valence-corrected chi connectivity index (χ3v) is 4.99. The number of aromatic nitrogens is 1. The van der Waals surface area contributed by atoms with Crippen LogP contribution in [0.1, 0.15) is 22.4 Å². The molecule has 0 saturated carbocycles. The van der Waals surface area contributed by atoms with Crippen molar-refractivity contribution in [2.45, 2.75) is 13.8 Å². The van der Waals surface area contributed by atoms with Gasteiger partial charge in [-0.1, -0.05) is 12.1 Å². The molecule has 1 aromatic carbocycles. The molecule has 2 nitrogen and oxygen atoms in total. The second-order valence-corrected chi connectivity index (χ2v) is 5.81. The van der Waals surface area contributed by atoms with Crippen LogP contribution in [0.25, 0.3) is 12.2 Å². The number of nitrogens with zero attached hydrogens (tertiary/aromatic N) is 1. The fraction of sp³-hybridized carbons (Fsp3) is 0.133. The molecular formula is C15H13Br2NO. The molecular weight excluding hydrogens is 370 g/mol. The average Bonchev–Trinajstić information content (AvgIpc) is 2.44. The van der Waals surface area contributed by atoms with Crippen molar-refractivity contribution in [3.05, 3.63) is 55.7 Å². The second-order valence-electron chi connectivity index (χ2n) is 4.23. The van der Waals surface area contributed by atoms with E-state index in [1.165, 1.54) is 0 Å². The van der Waals surface area contributed by atoms with E-state index in [0.717, 1.165) is 31.3 Å². The van der Waals surface area contributed by atoms with Gasteiger partial charge in [0, 0.05) is 31.8 Å². The quantitative estimate of drug-likeness (QED) is 0.783. The van der Waals surface area contributed by atoms with E-state index in [4.69, 9.17) is 0 Å². The molecule has 0 fully saturated rings. The Bertz CT molecular complexity index is 607. The number of pyridine rings is 1. The number of phenols is 1. The van der Waals surface area contributed by atoms with Gasteiger partial charge in [0.2, 0.25) is 0 Å². The first-order valence-corrected chi connectivity index (χ1v) is 7.37. The summed E-state index contributed by atoms with van der Waals surface area (Å²) in [5.74, 6) is 0.314. The minimum absolute atomic E-state index is 0.314. The number of rotatable bonds is 2. The van der Waals surface area contributed by atoms with Crippen molar-refractivity contribution in [3.63, 3.8) is 0 Å². The van der Waals surface area contributed by atoms with Crippen molar-refractivity contribution < 1.29 is 5.11 Å². The molecule has 0 spiro atoms. The summed E-state index contributed by atoms with van der Waals surface area (Å²) < 4.78 is 1.77. The Labute approximate surface area is 129 Å². The monoisotopic (exact) mass is 381 g/mol. The van der Waals surface area contributed by atoms with Crippen LogP contribution in [-0.2, 0) is 0 Å². The van der Waals surface area contributed by atoms with Crippen LogP contribution in [0.15, 0.2) is 33.3 Å². The maximum Gasteiger partial charge on any atom is 0.123 e. The van der Waals surface area contributed by atoms with Crippen LogP contribution in [0.4, 0.5) is 0 Å². The fourth-order valence-electron chi connectivity index (χ4n) is 1.78. The lowest BCUT2D eigenvalue weighted by atomic mass is 10.0. The maximum absolute atomic E-state index is 9.98. The molecule has 2 aromatic rings. The van der Waals surface area contributed by atoms with E-state index in [1.807, 2.05) is 44.2 Å². The van der Waals surface area contributed by atoms with Gasteiger partial charge in [0.05, 0.1) is 5.69 Å². The van der Waals surface area contributed by atoms with Crippen molar-refractivity contribution in [1.82, 2.24) is 4.98 Å². The standard InChI is InChI=1S/C15H13Br2NO/c1-9-13(16)12(14(17)10(2)15(9)19)7-6-11-5-3-4-8-18-11/h3-8,19H,1-2H3/b7-6+.